The Hall–Kier alpha value is -0.0301. The van der Waals surface area contributed by atoms with Crippen LogP contribution in [0.3, 0.4) is 0 Å². The maximum Gasteiger partial charge on any atom is 0.396 e. The fraction of sp³-hybridized carbons (Fsp3) is 1.00. The van der Waals surface area contributed by atoms with E-state index in [1.54, 1.807) is 0 Å². The Bertz CT molecular complexity index is 345. The zero-order valence-electron chi connectivity index (χ0n) is 13.6. The number of hydrogen-bond donors (Lipinski definition) is 2. The van der Waals surface area contributed by atoms with Gasteiger partial charge >= 0.3 is 13.9 Å². The van der Waals surface area contributed by atoms with Crippen molar-refractivity contribution >= 4 is 13.9 Å². The zero-order valence-corrected chi connectivity index (χ0v) is 13.6. The second kappa shape index (κ2) is 4.48. The normalized spacial score (nSPS) is 36.6. The van der Waals surface area contributed by atoms with Gasteiger partial charge in [0.15, 0.2) is 0 Å². The van der Waals surface area contributed by atoms with Crippen LogP contribution in [-0.2, 0) is 9.31 Å². The lowest BCUT2D eigenvalue weighted by molar-refractivity contribution is 0.0118. The van der Waals surface area contributed by atoms with Gasteiger partial charge in [0, 0.05) is 11.6 Å². The van der Waals surface area contributed by atoms with Crippen LogP contribution >= 0.6 is 0 Å². The Morgan fingerprint density at radius 3 is 1.89 bits per heavy atom. The molecule has 2 atom stereocenters. The molecule has 0 aromatic carbocycles. The van der Waals surface area contributed by atoms with Crippen LogP contribution in [0.15, 0.2) is 0 Å². The van der Waals surface area contributed by atoms with E-state index >= 15 is 0 Å². The van der Waals surface area contributed by atoms with Gasteiger partial charge in [-0.25, -0.2) is 0 Å². The topological polar surface area (TPSA) is 42.5 Å². The van der Waals surface area contributed by atoms with Crippen molar-refractivity contribution in [1.82, 2.24) is 10.5 Å². The molecular weight excluding hydrogens is 238 g/mol. The molecule has 2 N–H and O–H groups in total. The van der Waals surface area contributed by atoms with E-state index in [-0.39, 0.29) is 30.6 Å². The highest BCUT2D eigenvalue weighted by Crippen LogP contribution is 2.35. The van der Waals surface area contributed by atoms with E-state index in [9.17, 15) is 0 Å². The van der Waals surface area contributed by atoms with Crippen molar-refractivity contribution in [3.63, 3.8) is 0 Å². The minimum absolute atomic E-state index is 0.0703. The van der Waals surface area contributed by atoms with Crippen molar-refractivity contribution in [2.24, 2.45) is 5.92 Å². The summed E-state index contributed by atoms with van der Waals surface area (Å²) in [6.07, 6.45) is 0. The minimum Gasteiger partial charge on any atom is -0.419 e. The molecule has 0 spiro atoms. The Kier molecular flexibility index (Phi) is 3.63. The van der Waals surface area contributed by atoms with Crippen LogP contribution in [0.25, 0.3) is 0 Å². The van der Waals surface area contributed by atoms with E-state index in [0.717, 1.165) is 0 Å². The maximum absolute atomic E-state index is 6.23. The third-order valence-corrected chi connectivity index (χ3v) is 5.41. The molecule has 2 rings (SSSR count). The van der Waals surface area contributed by atoms with E-state index in [4.69, 9.17) is 9.31 Å². The molecule has 1 unspecified atom stereocenters. The van der Waals surface area contributed by atoms with Crippen molar-refractivity contribution in [3.8, 4) is 0 Å². The second-order valence-electron chi connectivity index (χ2n) is 7.70. The van der Waals surface area contributed by atoms with Gasteiger partial charge in [0.1, 0.15) is 0 Å². The molecule has 2 fully saturated rings. The van der Waals surface area contributed by atoms with Crippen LogP contribution in [0, 0.1) is 5.92 Å². The average molecular weight is 266 g/mol. The standard InChI is InChI=1S/C13H28B2N2O2/c1-9-10(2)16-14(18-11(9,3)4)15-17-12(5,6)13(7,8)19-15/h9-10,16-17H,1-8H3/t9-,10?/m0/s1. The first-order valence-corrected chi connectivity index (χ1v) is 7.36. The van der Waals surface area contributed by atoms with Crippen molar-refractivity contribution in [3.05, 3.63) is 0 Å². The summed E-state index contributed by atoms with van der Waals surface area (Å²) in [5.74, 6) is 0.464. The summed E-state index contributed by atoms with van der Waals surface area (Å²) in [6, 6.07) is 0.408. The summed E-state index contributed by atoms with van der Waals surface area (Å²) in [5.41, 5.74) is -0.421. The third-order valence-electron chi connectivity index (χ3n) is 5.41. The predicted octanol–water partition coefficient (Wildman–Crippen LogP) is 1.64. The van der Waals surface area contributed by atoms with Gasteiger partial charge in [0.2, 0.25) is 0 Å². The number of rotatable bonds is 1. The highest BCUT2D eigenvalue weighted by molar-refractivity contribution is 7.14. The summed E-state index contributed by atoms with van der Waals surface area (Å²) >= 11 is 0. The van der Waals surface area contributed by atoms with Crippen LogP contribution in [-0.4, -0.2) is 36.7 Å². The molecule has 2 heterocycles. The minimum atomic E-state index is -0.209. The van der Waals surface area contributed by atoms with Crippen LogP contribution in [0.2, 0.25) is 0 Å². The molecule has 108 valence electrons. The Morgan fingerprint density at radius 2 is 1.47 bits per heavy atom. The van der Waals surface area contributed by atoms with Crippen molar-refractivity contribution in [2.75, 3.05) is 0 Å². The molecule has 2 aliphatic heterocycles. The number of nitrogens with one attached hydrogen (secondary N) is 2. The van der Waals surface area contributed by atoms with Gasteiger partial charge in [-0.3, -0.25) is 0 Å². The SMILES string of the molecule is CC1NB(B2NC(C)(C)C(C)(C)O2)OC(C)(C)[C@H]1C. The molecule has 19 heavy (non-hydrogen) atoms. The lowest BCUT2D eigenvalue weighted by atomic mass is 9.39. The number of hydrogen-bond acceptors (Lipinski definition) is 4. The van der Waals surface area contributed by atoms with Gasteiger partial charge in [-0.2, -0.15) is 0 Å². The molecule has 0 radical (unpaired) electrons. The Labute approximate surface area is 118 Å². The quantitative estimate of drug-likeness (QED) is 0.708. The molecule has 0 bridgehead atoms. The third kappa shape index (κ3) is 2.60. The highest BCUT2D eigenvalue weighted by atomic mass is 16.5. The molecule has 2 saturated heterocycles. The largest absolute Gasteiger partial charge is 0.419 e. The average Bonchev–Trinajstić information content (AvgIpc) is 2.44. The second-order valence-corrected chi connectivity index (χ2v) is 7.70. The molecular formula is C13H28B2N2O2. The van der Waals surface area contributed by atoms with Gasteiger partial charge in [-0.1, -0.05) is 13.8 Å². The summed E-state index contributed by atoms with van der Waals surface area (Å²) < 4.78 is 12.4. The van der Waals surface area contributed by atoms with Crippen LogP contribution in [0.5, 0.6) is 0 Å². The van der Waals surface area contributed by atoms with E-state index in [0.29, 0.717) is 12.0 Å². The molecule has 0 amide bonds. The highest BCUT2D eigenvalue weighted by Gasteiger charge is 2.57. The zero-order chi connectivity index (χ0) is 14.6. The first-order chi connectivity index (χ1) is 8.46. The predicted molar refractivity (Wildman–Crippen MR) is 80.8 cm³/mol. The summed E-state index contributed by atoms with van der Waals surface area (Å²) in [6.45, 7) is 17.1. The van der Waals surface area contributed by atoms with Crippen LogP contribution in [0.1, 0.15) is 55.4 Å². The Morgan fingerprint density at radius 1 is 0.895 bits per heavy atom. The van der Waals surface area contributed by atoms with Gasteiger partial charge in [-0.15, -0.1) is 0 Å². The van der Waals surface area contributed by atoms with Gasteiger partial charge in [0.25, 0.3) is 0 Å². The summed E-state index contributed by atoms with van der Waals surface area (Å²) in [5, 5.41) is 7.08. The van der Waals surface area contributed by atoms with Crippen molar-refractivity contribution < 1.29 is 9.31 Å². The fourth-order valence-electron chi connectivity index (χ4n) is 2.78. The molecule has 0 saturated carbocycles. The van der Waals surface area contributed by atoms with E-state index in [1.807, 2.05) is 0 Å². The van der Waals surface area contributed by atoms with E-state index in [2.05, 4.69) is 65.8 Å². The van der Waals surface area contributed by atoms with Crippen LogP contribution < -0.4 is 10.5 Å². The molecule has 4 nitrogen and oxygen atoms in total. The van der Waals surface area contributed by atoms with Gasteiger partial charge < -0.3 is 19.8 Å². The van der Waals surface area contributed by atoms with Gasteiger partial charge in [0.05, 0.1) is 11.2 Å². The van der Waals surface area contributed by atoms with E-state index < -0.39 is 0 Å². The van der Waals surface area contributed by atoms with Crippen LogP contribution in [0.4, 0.5) is 0 Å². The first kappa shape index (κ1) is 15.4. The van der Waals surface area contributed by atoms with Gasteiger partial charge in [-0.05, 0) is 47.5 Å². The lowest BCUT2D eigenvalue weighted by Gasteiger charge is -2.45. The summed E-state index contributed by atoms with van der Waals surface area (Å²) in [4.78, 5) is 0. The molecule has 2 aliphatic rings. The van der Waals surface area contributed by atoms with Crippen molar-refractivity contribution in [1.29, 1.82) is 0 Å². The fourth-order valence-corrected chi connectivity index (χ4v) is 2.78. The monoisotopic (exact) mass is 266 g/mol. The first-order valence-electron chi connectivity index (χ1n) is 7.36. The van der Waals surface area contributed by atoms with E-state index in [1.165, 1.54) is 0 Å². The molecule has 0 aliphatic carbocycles. The lowest BCUT2D eigenvalue weighted by Crippen LogP contribution is -2.69. The molecule has 0 aromatic rings. The summed E-state index contributed by atoms with van der Waals surface area (Å²) in [7, 11) is 0. The molecule has 6 heteroatoms. The Balaban J connectivity index is 2.13. The maximum atomic E-state index is 6.23. The molecule has 0 aromatic heterocycles. The smallest absolute Gasteiger partial charge is 0.396 e. The van der Waals surface area contributed by atoms with Crippen molar-refractivity contribution in [2.45, 2.75) is 78.2 Å².